The Bertz CT molecular complexity index is 311. The average Bonchev–Trinajstić information content (AvgIpc) is 2.78. The first kappa shape index (κ1) is 10.6. The largest absolute Gasteiger partial charge is 0.361 e. The molecule has 0 saturated carbocycles. The molecule has 0 aromatic carbocycles. The molecule has 1 fully saturated rings. The molecule has 15 heavy (non-hydrogen) atoms. The minimum absolute atomic E-state index is 0.794. The zero-order valence-corrected chi connectivity index (χ0v) is 9.49. The number of nitrogens with zero attached hydrogens (tertiary/aromatic N) is 2. The molecule has 1 aliphatic rings. The fraction of sp³-hybridized carbons (Fsp3) is 0.727. The summed E-state index contributed by atoms with van der Waals surface area (Å²) >= 11 is 0. The number of hydrogen-bond donors (Lipinski definition) is 1. The second kappa shape index (κ2) is 4.77. The van der Waals surface area contributed by atoms with Crippen LogP contribution in [0.4, 0.5) is 0 Å². The van der Waals surface area contributed by atoms with Crippen molar-refractivity contribution in [3.8, 4) is 0 Å². The van der Waals surface area contributed by atoms with Crippen LogP contribution in [0.15, 0.2) is 10.6 Å². The quantitative estimate of drug-likeness (QED) is 0.804. The van der Waals surface area contributed by atoms with Crippen LogP contribution in [-0.2, 0) is 6.54 Å². The fourth-order valence-corrected chi connectivity index (χ4v) is 2.23. The molecule has 1 saturated heterocycles. The van der Waals surface area contributed by atoms with Crippen LogP contribution in [0.5, 0.6) is 0 Å². The van der Waals surface area contributed by atoms with Crippen molar-refractivity contribution in [1.82, 2.24) is 15.4 Å². The van der Waals surface area contributed by atoms with Gasteiger partial charge in [0, 0.05) is 19.2 Å². The molecule has 0 aliphatic carbocycles. The third-order valence-electron chi connectivity index (χ3n) is 2.93. The lowest BCUT2D eigenvalue weighted by atomic mass is 10.1. The summed E-state index contributed by atoms with van der Waals surface area (Å²) in [5.74, 6) is 1.69. The van der Waals surface area contributed by atoms with Gasteiger partial charge < -0.3 is 9.84 Å². The average molecular weight is 209 g/mol. The number of aromatic nitrogens is 1. The molecule has 0 radical (unpaired) electrons. The highest BCUT2D eigenvalue weighted by atomic mass is 16.5. The third kappa shape index (κ3) is 2.79. The first-order valence-corrected chi connectivity index (χ1v) is 5.57. The topological polar surface area (TPSA) is 41.3 Å². The van der Waals surface area contributed by atoms with E-state index in [-0.39, 0.29) is 0 Å². The van der Waals surface area contributed by atoms with Crippen LogP contribution in [-0.4, -0.2) is 36.7 Å². The predicted octanol–water partition coefficient (Wildman–Crippen LogP) is 1.02. The van der Waals surface area contributed by atoms with E-state index in [1.54, 1.807) is 0 Å². The molecule has 0 amide bonds. The predicted molar refractivity (Wildman–Crippen MR) is 58.6 cm³/mol. The lowest BCUT2D eigenvalue weighted by molar-refractivity contribution is 0.299. The van der Waals surface area contributed by atoms with Gasteiger partial charge in [0.1, 0.15) is 5.76 Å². The van der Waals surface area contributed by atoms with Crippen molar-refractivity contribution in [3.63, 3.8) is 0 Å². The summed E-state index contributed by atoms with van der Waals surface area (Å²) in [5, 5.41) is 7.26. The minimum Gasteiger partial charge on any atom is -0.361 e. The van der Waals surface area contributed by atoms with E-state index in [0.29, 0.717) is 0 Å². The van der Waals surface area contributed by atoms with Crippen LogP contribution in [0.25, 0.3) is 0 Å². The van der Waals surface area contributed by atoms with Crippen LogP contribution in [0.3, 0.4) is 0 Å². The Balaban J connectivity index is 1.82. The molecule has 4 nitrogen and oxygen atoms in total. The van der Waals surface area contributed by atoms with E-state index in [1.165, 1.54) is 19.5 Å². The Morgan fingerprint density at radius 1 is 1.67 bits per heavy atom. The molecule has 1 aliphatic heterocycles. The standard InChI is InChI=1S/C11H19N3O/c1-9-5-11(13-15-9)8-14-4-3-10(7-14)6-12-2/h5,10,12H,3-4,6-8H2,1-2H3. The second-order valence-corrected chi connectivity index (χ2v) is 4.38. The number of rotatable bonds is 4. The number of aryl methyl sites for hydroxylation is 1. The van der Waals surface area contributed by atoms with Gasteiger partial charge in [-0.25, -0.2) is 0 Å². The Labute approximate surface area is 90.6 Å². The molecule has 0 spiro atoms. The highest BCUT2D eigenvalue weighted by Crippen LogP contribution is 2.17. The number of likely N-dealkylation sites (tertiary alicyclic amines) is 1. The van der Waals surface area contributed by atoms with Gasteiger partial charge in [0.2, 0.25) is 0 Å². The van der Waals surface area contributed by atoms with Crippen LogP contribution in [0.1, 0.15) is 17.9 Å². The molecule has 1 unspecified atom stereocenters. The van der Waals surface area contributed by atoms with E-state index in [4.69, 9.17) is 4.52 Å². The number of nitrogens with one attached hydrogen (secondary N) is 1. The van der Waals surface area contributed by atoms with Crippen molar-refractivity contribution in [2.45, 2.75) is 19.9 Å². The number of hydrogen-bond acceptors (Lipinski definition) is 4. The van der Waals surface area contributed by atoms with Gasteiger partial charge in [-0.3, -0.25) is 4.90 Å². The van der Waals surface area contributed by atoms with E-state index in [1.807, 2.05) is 20.0 Å². The summed E-state index contributed by atoms with van der Waals surface area (Å²) < 4.78 is 5.06. The fourth-order valence-electron chi connectivity index (χ4n) is 2.23. The third-order valence-corrected chi connectivity index (χ3v) is 2.93. The Morgan fingerprint density at radius 2 is 2.53 bits per heavy atom. The van der Waals surface area contributed by atoms with Crippen LogP contribution in [0, 0.1) is 12.8 Å². The van der Waals surface area contributed by atoms with Crippen LogP contribution in [0.2, 0.25) is 0 Å². The second-order valence-electron chi connectivity index (χ2n) is 4.38. The van der Waals surface area contributed by atoms with Crippen molar-refractivity contribution in [2.24, 2.45) is 5.92 Å². The molecule has 1 aromatic rings. The highest BCUT2D eigenvalue weighted by molar-refractivity contribution is 5.03. The van der Waals surface area contributed by atoms with Crippen molar-refractivity contribution < 1.29 is 4.52 Å². The molecular weight excluding hydrogens is 190 g/mol. The Kier molecular flexibility index (Phi) is 3.38. The minimum atomic E-state index is 0.794. The molecule has 4 heteroatoms. The summed E-state index contributed by atoms with van der Waals surface area (Å²) in [4.78, 5) is 2.44. The smallest absolute Gasteiger partial charge is 0.133 e. The van der Waals surface area contributed by atoms with Gasteiger partial charge in [-0.1, -0.05) is 5.16 Å². The van der Waals surface area contributed by atoms with Crippen molar-refractivity contribution >= 4 is 0 Å². The Hall–Kier alpha value is -0.870. The van der Waals surface area contributed by atoms with E-state index in [0.717, 1.165) is 30.5 Å². The van der Waals surface area contributed by atoms with Gasteiger partial charge in [-0.05, 0) is 39.4 Å². The first-order valence-electron chi connectivity index (χ1n) is 5.57. The lowest BCUT2D eigenvalue weighted by Crippen LogP contribution is -2.24. The van der Waals surface area contributed by atoms with Gasteiger partial charge in [-0.15, -0.1) is 0 Å². The summed E-state index contributed by atoms with van der Waals surface area (Å²) in [6.45, 7) is 6.33. The van der Waals surface area contributed by atoms with Gasteiger partial charge >= 0.3 is 0 Å². The van der Waals surface area contributed by atoms with Crippen LogP contribution >= 0.6 is 0 Å². The van der Waals surface area contributed by atoms with E-state index in [2.05, 4.69) is 15.4 Å². The zero-order chi connectivity index (χ0) is 10.7. The lowest BCUT2D eigenvalue weighted by Gasteiger charge is -2.13. The van der Waals surface area contributed by atoms with Gasteiger partial charge in [0.15, 0.2) is 0 Å². The Morgan fingerprint density at radius 3 is 3.20 bits per heavy atom. The maximum atomic E-state index is 5.06. The van der Waals surface area contributed by atoms with Crippen molar-refractivity contribution in [3.05, 3.63) is 17.5 Å². The molecule has 1 aromatic heterocycles. The van der Waals surface area contributed by atoms with Crippen molar-refractivity contribution in [2.75, 3.05) is 26.7 Å². The summed E-state index contributed by atoms with van der Waals surface area (Å²) in [7, 11) is 2.02. The van der Waals surface area contributed by atoms with E-state index >= 15 is 0 Å². The van der Waals surface area contributed by atoms with E-state index in [9.17, 15) is 0 Å². The van der Waals surface area contributed by atoms with Gasteiger partial charge in [0.25, 0.3) is 0 Å². The summed E-state index contributed by atoms with van der Waals surface area (Å²) in [6, 6.07) is 2.02. The molecule has 2 rings (SSSR count). The highest BCUT2D eigenvalue weighted by Gasteiger charge is 2.22. The molecule has 1 atom stereocenters. The SMILES string of the molecule is CNCC1CCN(Cc2cc(C)on2)C1. The van der Waals surface area contributed by atoms with Gasteiger partial charge in [-0.2, -0.15) is 0 Å². The maximum absolute atomic E-state index is 5.06. The summed E-state index contributed by atoms with van der Waals surface area (Å²) in [6.07, 6.45) is 1.29. The summed E-state index contributed by atoms with van der Waals surface area (Å²) in [5.41, 5.74) is 1.05. The molecular formula is C11H19N3O. The monoisotopic (exact) mass is 209 g/mol. The maximum Gasteiger partial charge on any atom is 0.133 e. The molecule has 2 heterocycles. The molecule has 0 bridgehead atoms. The molecule has 1 N–H and O–H groups in total. The van der Waals surface area contributed by atoms with Gasteiger partial charge in [0.05, 0.1) is 5.69 Å². The zero-order valence-electron chi connectivity index (χ0n) is 9.49. The first-order chi connectivity index (χ1) is 7.28. The van der Waals surface area contributed by atoms with Crippen LogP contribution < -0.4 is 5.32 Å². The van der Waals surface area contributed by atoms with E-state index < -0.39 is 0 Å². The normalized spacial score (nSPS) is 22.4. The van der Waals surface area contributed by atoms with Crippen molar-refractivity contribution in [1.29, 1.82) is 0 Å². The molecule has 84 valence electrons.